The van der Waals surface area contributed by atoms with E-state index in [9.17, 15) is 0 Å². The second-order valence-electron chi connectivity index (χ2n) is 3.40. The van der Waals surface area contributed by atoms with Gasteiger partial charge >= 0.3 is 0 Å². The van der Waals surface area contributed by atoms with E-state index in [1.165, 1.54) is 13.3 Å². The SMILES string of the molecule is COC(CN)c1nc(-c2ncc(Cl)cc2Cl)no1. The van der Waals surface area contributed by atoms with Gasteiger partial charge in [-0.25, -0.2) is 4.98 Å². The molecule has 18 heavy (non-hydrogen) atoms. The molecule has 2 heterocycles. The summed E-state index contributed by atoms with van der Waals surface area (Å²) in [5.74, 6) is 0.546. The van der Waals surface area contributed by atoms with Gasteiger partial charge in [-0.2, -0.15) is 4.98 Å². The number of halogens is 2. The Kier molecular flexibility index (Phi) is 4.13. The number of methoxy groups -OCH3 is 1. The molecule has 0 saturated heterocycles. The molecule has 0 bridgehead atoms. The molecule has 8 heteroatoms. The number of hydrogen-bond donors (Lipinski definition) is 1. The van der Waals surface area contributed by atoms with Crippen LogP contribution >= 0.6 is 23.2 Å². The summed E-state index contributed by atoms with van der Waals surface area (Å²) in [6.45, 7) is 0.236. The second kappa shape index (κ2) is 5.62. The van der Waals surface area contributed by atoms with Crippen LogP contribution in [0.25, 0.3) is 11.5 Å². The van der Waals surface area contributed by atoms with Crippen molar-refractivity contribution >= 4 is 23.2 Å². The molecule has 0 spiro atoms. The zero-order valence-corrected chi connectivity index (χ0v) is 10.9. The fourth-order valence-electron chi connectivity index (χ4n) is 1.34. The third-order valence-corrected chi connectivity index (χ3v) is 2.73. The molecule has 0 aliphatic carbocycles. The number of pyridine rings is 1. The average Bonchev–Trinajstić information content (AvgIpc) is 2.80. The predicted octanol–water partition coefficient (Wildman–Crippen LogP) is 2.08. The van der Waals surface area contributed by atoms with Gasteiger partial charge in [-0.15, -0.1) is 0 Å². The van der Waals surface area contributed by atoms with Crippen LogP contribution in [0.3, 0.4) is 0 Å². The smallest absolute Gasteiger partial charge is 0.257 e. The zero-order valence-electron chi connectivity index (χ0n) is 9.43. The molecule has 2 aromatic rings. The van der Waals surface area contributed by atoms with Crippen LogP contribution < -0.4 is 5.73 Å². The van der Waals surface area contributed by atoms with Crippen LogP contribution in [0.2, 0.25) is 10.0 Å². The Morgan fingerprint density at radius 2 is 2.28 bits per heavy atom. The number of nitrogens with two attached hydrogens (primary N) is 1. The van der Waals surface area contributed by atoms with Crippen LogP contribution in [0.15, 0.2) is 16.8 Å². The van der Waals surface area contributed by atoms with Crippen molar-refractivity contribution in [3.63, 3.8) is 0 Å². The first-order valence-corrected chi connectivity index (χ1v) is 5.79. The third-order valence-electron chi connectivity index (χ3n) is 2.24. The number of nitrogens with zero attached hydrogens (tertiary/aromatic N) is 3. The van der Waals surface area contributed by atoms with Crippen LogP contribution in [-0.4, -0.2) is 28.8 Å². The Balaban J connectivity index is 2.34. The highest BCUT2D eigenvalue weighted by Gasteiger charge is 2.19. The normalized spacial score (nSPS) is 12.7. The minimum atomic E-state index is -0.447. The third kappa shape index (κ3) is 2.62. The highest BCUT2D eigenvalue weighted by molar-refractivity contribution is 6.35. The molecule has 0 aromatic carbocycles. The minimum Gasteiger partial charge on any atom is -0.370 e. The van der Waals surface area contributed by atoms with Gasteiger partial charge in [0.1, 0.15) is 11.8 Å². The van der Waals surface area contributed by atoms with Crippen LogP contribution in [0.1, 0.15) is 12.0 Å². The minimum absolute atomic E-state index is 0.236. The molecule has 0 saturated carbocycles. The van der Waals surface area contributed by atoms with Gasteiger partial charge in [0.15, 0.2) is 0 Å². The Bertz CT molecular complexity index is 542. The molecule has 0 radical (unpaired) electrons. The number of hydrogen-bond acceptors (Lipinski definition) is 6. The van der Waals surface area contributed by atoms with Gasteiger partial charge < -0.3 is 15.0 Å². The summed E-state index contributed by atoms with van der Waals surface area (Å²) in [5, 5.41) is 4.56. The lowest BCUT2D eigenvalue weighted by atomic mass is 10.3. The molecule has 0 fully saturated rings. The maximum Gasteiger partial charge on any atom is 0.257 e. The van der Waals surface area contributed by atoms with Crippen LogP contribution in [0, 0.1) is 0 Å². The Labute approximate surface area is 113 Å². The molecule has 2 aromatic heterocycles. The Hall–Kier alpha value is -1.21. The van der Waals surface area contributed by atoms with Gasteiger partial charge in [-0.3, -0.25) is 0 Å². The van der Waals surface area contributed by atoms with E-state index in [0.29, 0.717) is 15.7 Å². The highest BCUT2D eigenvalue weighted by atomic mass is 35.5. The topological polar surface area (TPSA) is 87.1 Å². The van der Waals surface area contributed by atoms with Gasteiger partial charge in [0.25, 0.3) is 5.89 Å². The predicted molar refractivity (Wildman–Crippen MR) is 66.4 cm³/mol. The number of aromatic nitrogens is 3. The summed E-state index contributed by atoms with van der Waals surface area (Å²) >= 11 is 11.8. The lowest BCUT2D eigenvalue weighted by Gasteiger charge is -2.05. The fourth-order valence-corrected chi connectivity index (χ4v) is 1.80. The van der Waals surface area contributed by atoms with E-state index < -0.39 is 6.10 Å². The van der Waals surface area contributed by atoms with Crippen LogP contribution in [-0.2, 0) is 4.74 Å². The monoisotopic (exact) mass is 288 g/mol. The van der Waals surface area contributed by atoms with Crippen molar-refractivity contribution in [3.8, 4) is 11.5 Å². The maximum absolute atomic E-state index is 6.00. The van der Waals surface area contributed by atoms with Crippen molar-refractivity contribution in [2.75, 3.05) is 13.7 Å². The van der Waals surface area contributed by atoms with Crippen molar-refractivity contribution in [1.29, 1.82) is 0 Å². The van der Waals surface area contributed by atoms with Gasteiger partial charge in [-0.05, 0) is 6.07 Å². The first-order valence-electron chi connectivity index (χ1n) is 5.03. The van der Waals surface area contributed by atoms with Crippen molar-refractivity contribution in [3.05, 3.63) is 28.2 Å². The largest absolute Gasteiger partial charge is 0.370 e. The van der Waals surface area contributed by atoms with E-state index in [0.717, 1.165) is 0 Å². The lowest BCUT2D eigenvalue weighted by Crippen LogP contribution is -2.14. The molecule has 0 aliphatic heterocycles. The molecule has 0 aliphatic rings. The molecule has 96 valence electrons. The molecule has 2 rings (SSSR count). The Morgan fingerprint density at radius 1 is 1.50 bits per heavy atom. The average molecular weight is 289 g/mol. The van der Waals surface area contributed by atoms with E-state index in [1.807, 2.05) is 0 Å². The molecule has 6 nitrogen and oxygen atoms in total. The summed E-state index contributed by atoms with van der Waals surface area (Å²) in [7, 11) is 1.51. The van der Waals surface area contributed by atoms with Crippen molar-refractivity contribution in [2.24, 2.45) is 5.73 Å². The van der Waals surface area contributed by atoms with E-state index in [-0.39, 0.29) is 18.3 Å². The molecular formula is C10H10Cl2N4O2. The Morgan fingerprint density at radius 3 is 2.89 bits per heavy atom. The quantitative estimate of drug-likeness (QED) is 0.927. The zero-order chi connectivity index (χ0) is 13.1. The van der Waals surface area contributed by atoms with E-state index in [2.05, 4.69) is 15.1 Å². The summed E-state index contributed by atoms with van der Waals surface area (Å²) < 4.78 is 10.1. The molecule has 0 amide bonds. The number of rotatable bonds is 4. The van der Waals surface area contributed by atoms with Crippen molar-refractivity contribution in [1.82, 2.24) is 15.1 Å². The van der Waals surface area contributed by atoms with E-state index >= 15 is 0 Å². The van der Waals surface area contributed by atoms with Gasteiger partial charge in [0, 0.05) is 19.9 Å². The molecular weight excluding hydrogens is 279 g/mol. The van der Waals surface area contributed by atoms with Crippen LogP contribution in [0.4, 0.5) is 0 Å². The van der Waals surface area contributed by atoms with E-state index in [1.54, 1.807) is 6.07 Å². The van der Waals surface area contributed by atoms with Gasteiger partial charge in [-0.1, -0.05) is 28.4 Å². The second-order valence-corrected chi connectivity index (χ2v) is 4.24. The first kappa shape index (κ1) is 13.2. The molecule has 1 atom stereocenters. The first-order chi connectivity index (χ1) is 8.65. The summed E-state index contributed by atoms with van der Waals surface area (Å²) in [6, 6.07) is 1.55. The molecule has 1 unspecified atom stereocenters. The van der Waals surface area contributed by atoms with E-state index in [4.69, 9.17) is 38.2 Å². The fraction of sp³-hybridized carbons (Fsp3) is 0.300. The summed E-state index contributed by atoms with van der Waals surface area (Å²) in [6.07, 6.45) is 1.01. The van der Waals surface area contributed by atoms with Crippen molar-refractivity contribution < 1.29 is 9.26 Å². The lowest BCUT2D eigenvalue weighted by molar-refractivity contribution is 0.0804. The maximum atomic E-state index is 6.00. The standard InChI is InChI=1S/C10H10Cl2N4O2/c1-17-7(3-13)10-15-9(16-18-10)8-6(12)2-5(11)4-14-8/h2,4,7H,3,13H2,1H3. The van der Waals surface area contributed by atoms with Gasteiger partial charge in [0.05, 0.1) is 10.0 Å². The molecule has 2 N–H and O–H groups in total. The summed E-state index contributed by atoms with van der Waals surface area (Å²) in [5.41, 5.74) is 5.89. The van der Waals surface area contributed by atoms with Gasteiger partial charge in [0.2, 0.25) is 5.82 Å². The van der Waals surface area contributed by atoms with Crippen LogP contribution in [0.5, 0.6) is 0 Å². The van der Waals surface area contributed by atoms with Crippen molar-refractivity contribution in [2.45, 2.75) is 6.10 Å². The number of ether oxygens (including phenoxy) is 1. The summed E-state index contributed by atoms with van der Waals surface area (Å²) in [4.78, 5) is 8.19. The highest BCUT2D eigenvalue weighted by Crippen LogP contribution is 2.26.